The van der Waals surface area contributed by atoms with Gasteiger partial charge in [-0.05, 0) is 30.5 Å². The van der Waals surface area contributed by atoms with Crippen LogP contribution in [-0.2, 0) is 29.7 Å². The van der Waals surface area contributed by atoms with E-state index >= 15 is 0 Å². The second-order valence-electron chi connectivity index (χ2n) is 8.57. The molecule has 3 amide bonds. The fourth-order valence-corrected chi connectivity index (χ4v) is 4.75. The number of carbonyl (C=O) groups excluding carboxylic acids is 3. The number of carbonyl (C=O) groups is 3. The number of nitrogens with one attached hydrogen (secondary N) is 3. The summed E-state index contributed by atoms with van der Waals surface area (Å²) in [7, 11) is 1.98. The molecule has 9 heteroatoms. The summed E-state index contributed by atoms with van der Waals surface area (Å²) in [4.78, 5) is 38.2. The van der Waals surface area contributed by atoms with Crippen molar-refractivity contribution in [2.24, 2.45) is 7.05 Å². The highest BCUT2D eigenvalue weighted by Gasteiger charge is 2.39. The number of hydrogen-bond acceptors (Lipinski definition) is 6. The highest BCUT2D eigenvalue weighted by atomic mass is 16.2. The Morgan fingerprint density at radius 3 is 2.74 bits per heavy atom. The number of anilines is 1. The average molecular weight is 422 g/mol. The van der Waals surface area contributed by atoms with Gasteiger partial charge in [-0.25, -0.2) is 0 Å². The monoisotopic (exact) mass is 422 g/mol. The van der Waals surface area contributed by atoms with Gasteiger partial charge in [0.25, 0.3) is 5.91 Å². The fourth-order valence-electron chi connectivity index (χ4n) is 4.75. The zero-order valence-electron chi connectivity index (χ0n) is 17.7. The normalized spacial score (nSPS) is 21.2. The molecule has 0 radical (unpaired) electrons. The molecule has 1 unspecified atom stereocenters. The van der Waals surface area contributed by atoms with Crippen molar-refractivity contribution < 1.29 is 14.4 Å². The number of nitrogens with zero attached hydrogens (tertiary/aromatic N) is 3. The lowest BCUT2D eigenvalue weighted by Crippen LogP contribution is -2.52. The fraction of sp³-hybridized carbons (Fsp3) is 0.455. The van der Waals surface area contributed by atoms with Crippen molar-refractivity contribution in [1.29, 1.82) is 0 Å². The van der Waals surface area contributed by atoms with Crippen molar-refractivity contribution in [3.8, 4) is 0 Å². The number of amides is 3. The van der Waals surface area contributed by atoms with Crippen LogP contribution in [0.1, 0.15) is 51.6 Å². The van der Waals surface area contributed by atoms with Gasteiger partial charge in [-0.1, -0.05) is 12.1 Å². The molecule has 3 aliphatic heterocycles. The van der Waals surface area contributed by atoms with Gasteiger partial charge in [0.2, 0.25) is 11.8 Å². The van der Waals surface area contributed by atoms with Gasteiger partial charge in [0.1, 0.15) is 6.04 Å². The quantitative estimate of drug-likeness (QED) is 0.615. The first-order valence-electron chi connectivity index (χ1n) is 10.7. The van der Waals surface area contributed by atoms with Gasteiger partial charge in [0.15, 0.2) is 0 Å². The molecule has 31 heavy (non-hydrogen) atoms. The largest absolute Gasteiger partial charge is 0.378 e. The van der Waals surface area contributed by atoms with E-state index < -0.39 is 6.04 Å². The molecule has 4 heterocycles. The average Bonchev–Trinajstić information content (AvgIpc) is 3.15. The summed E-state index contributed by atoms with van der Waals surface area (Å²) in [6.07, 6.45) is 0.632. The third-order valence-corrected chi connectivity index (χ3v) is 6.50. The number of piperidine rings is 1. The van der Waals surface area contributed by atoms with Crippen molar-refractivity contribution in [2.75, 3.05) is 18.4 Å². The molecule has 1 atom stereocenters. The maximum Gasteiger partial charge on any atom is 0.255 e. The van der Waals surface area contributed by atoms with Crippen LogP contribution in [0.4, 0.5) is 5.69 Å². The molecule has 5 rings (SSSR count). The van der Waals surface area contributed by atoms with Gasteiger partial charge >= 0.3 is 0 Å². The lowest BCUT2D eigenvalue weighted by molar-refractivity contribution is -0.136. The van der Waals surface area contributed by atoms with E-state index in [4.69, 9.17) is 0 Å². The van der Waals surface area contributed by atoms with Crippen LogP contribution < -0.4 is 16.0 Å². The molecule has 162 valence electrons. The molecule has 0 bridgehead atoms. The molecule has 1 aromatic heterocycles. The van der Waals surface area contributed by atoms with E-state index in [2.05, 4.69) is 21.0 Å². The SMILES string of the molecule is Cc1nn(C)c(C2CNC2)c1NCc1ccc2c(c1)C(=O)N(C1CCC(=O)NC1=O)C2. The Balaban J connectivity index is 1.32. The minimum atomic E-state index is -0.587. The van der Waals surface area contributed by atoms with Crippen LogP contribution >= 0.6 is 0 Å². The Morgan fingerprint density at radius 1 is 1.23 bits per heavy atom. The molecular formula is C22H26N6O3. The Labute approximate surface area is 180 Å². The minimum Gasteiger partial charge on any atom is -0.378 e. The summed E-state index contributed by atoms with van der Waals surface area (Å²) in [5, 5.41) is 13.7. The van der Waals surface area contributed by atoms with Crippen LogP contribution in [0.25, 0.3) is 0 Å². The maximum absolute atomic E-state index is 13.0. The zero-order chi connectivity index (χ0) is 21.7. The van der Waals surface area contributed by atoms with Crippen LogP contribution in [0.3, 0.4) is 0 Å². The molecule has 0 spiro atoms. The third-order valence-electron chi connectivity index (χ3n) is 6.50. The first-order valence-corrected chi connectivity index (χ1v) is 10.7. The lowest BCUT2D eigenvalue weighted by Gasteiger charge is -2.29. The summed E-state index contributed by atoms with van der Waals surface area (Å²) in [6.45, 7) is 4.89. The van der Waals surface area contributed by atoms with Gasteiger partial charge in [0.05, 0.1) is 17.1 Å². The summed E-state index contributed by atoms with van der Waals surface area (Å²) in [6, 6.07) is 5.30. The summed E-state index contributed by atoms with van der Waals surface area (Å²) in [5.41, 5.74) is 5.78. The summed E-state index contributed by atoms with van der Waals surface area (Å²) >= 11 is 0. The number of hydrogen-bond donors (Lipinski definition) is 3. The van der Waals surface area contributed by atoms with Gasteiger partial charge in [0, 0.05) is 51.1 Å². The Bertz CT molecular complexity index is 1090. The highest BCUT2D eigenvalue weighted by Crippen LogP contribution is 2.31. The van der Waals surface area contributed by atoms with Crippen molar-refractivity contribution >= 4 is 23.4 Å². The van der Waals surface area contributed by atoms with E-state index in [1.807, 2.05) is 36.9 Å². The van der Waals surface area contributed by atoms with Crippen molar-refractivity contribution in [3.05, 3.63) is 46.3 Å². The first-order chi connectivity index (χ1) is 14.9. The number of aromatic nitrogens is 2. The van der Waals surface area contributed by atoms with Crippen LogP contribution in [0, 0.1) is 6.92 Å². The number of benzene rings is 1. The molecule has 3 aliphatic rings. The molecule has 0 saturated carbocycles. The molecular weight excluding hydrogens is 396 g/mol. The standard InChI is InChI=1S/C22H26N6O3/c1-12-19(20(27(2)26-12)15-9-23-10-15)24-8-13-3-4-14-11-28(22(31)16(14)7-13)17-5-6-18(29)25-21(17)30/h3-4,7,15,17,23-24H,5-6,8-11H2,1-2H3,(H,25,29,30). The van der Waals surface area contributed by atoms with E-state index in [1.54, 1.807) is 4.90 Å². The maximum atomic E-state index is 13.0. The minimum absolute atomic E-state index is 0.148. The number of aryl methyl sites for hydroxylation is 2. The molecule has 2 saturated heterocycles. The lowest BCUT2D eigenvalue weighted by atomic mass is 9.97. The zero-order valence-corrected chi connectivity index (χ0v) is 17.7. The van der Waals surface area contributed by atoms with Crippen molar-refractivity contribution in [1.82, 2.24) is 25.3 Å². The molecule has 0 aliphatic carbocycles. The number of fused-ring (bicyclic) bond motifs is 1. The van der Waals surface area contributed by atoms with Crippen LogP contribution in [0.15, 0.2) is 18.2 Å². The van der Waals surface area contributed by atoms with Gasteiger partial charge in [-0.3, -0.25) is 24.4 Å². The van der Waals surface area contributed by atoms with Gasteiger partial charge < -0.3 is 15.5 Å². The van der Waals surface area contributed by atoms with Crippen LogP contribution in [0.2, 0.25) is 0 Å². The highest BCUT2D eigenvalue weighted by molar-refractivity contribution is 6.05. The molecule has 2 fully saturated rings. The molecule has 2 aromatic rings. The Hall–Kier alpha value is -3.20. The van der Waals surface area contributed by atoms with E-state index in [-0.39, 0.29) is 24.1 Å². The Morgan fingerprint density at radius 2 is 2.03 bits per heavy atom. The molecule has 1 aromatic carbocycles. The van der Waals surface area contributed by atoms with Crippen LogP contribution in [-0.4, -0.2) is 51.5 Å². The van der Waals surface area contributed by atoms with E-state index in [9.17, 15) is 14.4 Å². The predicted molar refractivity (Wildman–Crippen MR) is 113 cm³/mol. The number of imide groups is 1. The molecule has 3 N–H and O–H groups in total. The van der Waals surface area contributed by atoms with Crippen molar-refractivity contribution in [3.63, 3.8) is 0 Å². The summed E-state index contributed by atoms with van der Waals surface area (Å²) < 4.78 is 1.95. The second-order valence-corrected chi connectivity index (χ2v) is 8.57. The Kier molecular flexibility index (Phi) is 4.77. The van der Waals surface area contributed by atoms with Gasteiger partial charge in [-0.2, -0.15) is 5.10 Å². The predicted octanol–water partition coefficient (Wildman–Crippen LogP) is 0.788. The van der Waals surface area contributed by atoms with E-state index in [1.165, 1.54) is 5.69 Å². The van der Waals surface area contributed by atoms with Crippen molar-refractivity contribution in [2.45, 2.75) is 44.8 Å². The van der Waals surface area contributed by atoms with Gasteiger partial charge in [-0.15, -0.1) is 0 Å². The van der Waals surface area contributed by atoms with E-state index in [0.29, 0.717) is 31.0 Å². The van der Waals surface area contributed by atoms with E-state index in [0.717, 1.165) is 35.6 Å². The third kappa shape index (κ3) is 3.38. The molecule has 9 nitrogen and oxygen atoms in total. The smallest absolute Gasteiger partial charge is 0.255 e. The first kappa shape index (κ1) is 19.7. The second kappa shape index (κ2) is 7.49. The number of rotatable bonds is 5. The summed E-state index contributed by atoms with van der Waals surface area (Å²) in [5.74, 6) is -0.353. The topological polar surface area (TPSA) is 108 Å². The van der Waals surface area contributed by atoms with Crippen LogP contribution in [0.5, 0.6) is 0 Å².